The number of hydrogen-bond acceptors (Lipinski definition) is 3. The highest BCUT2D eigenvalue weighted by molar-refractivity contribution is 9.10. The van der Waals surface area contributed by atoms with Crippen molar-refractivity contribution in [1.29, 1.82) is 0 Å². The molecule has 1 aliphatic heterocycles. The second-order valence-electron chi connectivity index (χ2n) is 3.58. The maximum absolute atomic E-state index is 5.49. The Morgan fingerprint density at radius 2 is 2.57 bits per heavy atom. The zero-order valence-electron chi connectivity index (χ0n) is 8.13. The fourth-order valence-electron chi connectivity index (χ4n) is 1.68. The lowest BCUT2D eigenvalue weighted by molar-refractivity contribution is 0.113. The van der Waals surface area contributed by atoms with Gasteiger partial charge in [-0.15, -0.1) is 11.3 Å². The molecule has 14 heavy (non-hydrogen) atoms. The molecule has 78 valence electrons. The molecular weight excluding hydrogens is 262 g/mol. The van der Waals surface area contributed by atoms with E-state index in [0.717, 1.165) is 19.6 Å². The van der Waals surface area contributed by atoms with Crippen LogP contribution in [0.1, 0.15) is 18.2 Å². The van der Waals surface area contributed by atoms with Gasteiger partial charge in [0.2, 0.25) is 0 Å². The first kappa shape index (κ1) is 10.6. The number of hydrogen-bond donors (Lipinski definition) is 1. The molecule has 4 heteroatoms. The molecule has 0 spiro atoms. The van der Waals surface area contributed by atoms with Crippen LogP contribution in [0.15, 0.2) is 15.9 Å². The molecule has 1 N–H and O–H groups in total. The number of nitrogens with one attached hydrogen (secondary N) is 1. The first-order valence-corrected chi connectivity index (χ1v) is 6.51. The number of thiophene rings is 1. The molecule has 1 saturated heterocycles. The van der Waals surface area contributed by atoms with Crippen molar-refractivity contribution in [3.8, 4) is 0 Å². The minimum atomic E-state index is 0.360. The second-order valence-corrected chi connectivity index (χ2v) is 5.49. The molecule has 2 rings (SSSR count). The quantitative estimate of drug-likeness (QED) is 0.916. The van der Waals surface area contributed by atoms with E-state index in [0.29, 0.717) is 12.1 Å². The maximum atomic E-state index is 5.49. The lowest BCUT2D eigenvalue weighted by Crippen LogP contribution is -2.33. The summed E-state index contributed by atoms with van der Waals surface area (Å²) in [6.07, 6.45) is 1.49. The molecule has 0 unspecified atom stereocenters. The summed E-state index contributed by atoms with van der Waals surface area (Å²) in [6, 6.07) is 2.69. The van der Waals surface area contributed by atoms with Crippen LogP contribution in [0, 0.1) is 0 Å². The van der Waals surface area contributed by atoms with Gasteiger partial charge in [-0.2, -0.15) is 0 Å². The molecule has 1 aromatic heterocycles. The highest BCUT2D eigenvalue weighted by Gasteiger charge is 2.23. The van der Waals surface area contributed by atoms with Crippen molar-refractivity contribution in [2.24, 2.45) is 0 Å². The maximum Gasteiger partial charge on any atom is 0.0700 e. The van der Waals surface area contributed by atoms with Crippen LogP contribution < -0.4 is 5.32 Å². The summed E-state index contributed by atoms with van der Waals surface area (Å²) in [7, 11) is 0. The van der Waals surface area contributed by atoms with Gasteiger partial charge in [0.05, 0.1) is 6.10 Å². The summed E-state index contributed by atoms with van der Waals surface area (Å²) >= 11 is 5.24. The molecule has 2 atom stereocenters. The van der Waals surface area contributed by atoms with E-state index in [9.17, 15) is 0 Å². The van der Waals surface area contributed by atoms with Gasteiger partial charge in [-0.1, -0.05) is 0 Å². The lowest BCUT2D eigenvalue weighted by atomic mass is 10.1. The molecular formula is C10H14BrNOS. The number of rotatable bonds is 3. The van der Waals surface area contributed by atoms with Crippen molar-refractivity contribution in [2.45, 2.75) is 32.0 Å². The van der Waals surface area contributed by atoms with Gasteiger partial charge in [-0.05, 0) is 35.3 Å². The number of ether oxygens (including phenoxy) is 1. The first-order valence-electron chi connectivity index (χ1n) is 4.83. The van der Waals surface area contributed by atoms with Crippen molar-refractivity contribution >= 4 is 27.3 Å². The van der Waals surface area contributed by atoms with Gasteiger partial charge in [0.15, 0.2) is 0 Å². The minimum Gasteiger partial charge on any atom is -0.377 e. The van der Waals surface area contributed by atoms with Crippen molar-refractivity contribution in [2.75, 3.05) is 6.61 Å². The first-order chi connectivity index (χ1) is 6.75. The number of halogens is 1. The molecule has 0 amide bonds. The topological polar surface area (TPSA) is 21.3 Å². The Morgan fingerprint density at radius 3 is 3.14 bits per heavy atom. The molecule has 1 aliphatic rings. The normalized spacial score (nSPS) is 27.0. The standard InChI is InChI=1S/C10H14BrNOS/c1-7-10(2-3-13-7)12-5-9-4-8(11)6-14-9/h4,6-7,10,12H,2-3,5H2,1H3/t7-,10+/m0/s1. The zero-order chi connectivity index (χ0) is 9.97. The molecule has 0 aliphatic carbocycles. The van der Waals surface area contributed by atoms with Crippen LogP contribution in [-0.4, -0.2) is 18.8 Å². The molecule has 0 aromatic carbocycles. The second kappa shape index (κ2) is 4.75. The van der Waals surface area contributed by atoms with Gasteiger partial charge < -0.3 is 10.1 Å². The van der Waals surface area contributed by atoms with Crippen LogP contribution in [0.2, 0.25) is 0 Å². The van der Waals surface area contributed by atoms with E-state index < -0.39 is 0 Å². The predicted molar refractivity (Wildman–Crippen MR) is 62.7 cm³/mol. The summed E-state index contributed by atoms with van der Waals surface area (Å²) < 4.78 is 6.67. The minimum absolute atomic E-state index is 0.360. The Balaban J connectivity index is 1.82. The van der Waals surface area contributed by atoms with Crippen molar-refractivity contribution in [3.05, 3.63) is 20.8 Å². The predicted octanol–water partition coefficient (Wildman–Crippen LogP) is 2.78. The third kappa shape index (κ3) is 2.57. The van der Waals surface area contributed by atoms with E-state index in [1.54, 1.807) is 11.3 Å². The highest BCUT2D eigenvalue weighted by Crippen LogP contribution is 2.20. The van der Waals surface area contributed by atoms with E-state index in [4.69, 9.17) is 4.74 Å². The third-order valence-electron chi connectivity index (χ3n) is 2.54. The van der Waals surface area contributed by atoms with Crippen LogP contribution in [0.25, 0.3) is 0 Å². The van der Waals surface area contributed by atoms with Crippen LogP contribution in [0.3, 0.4) is 0 Å². The Hall–Kier alpha value is 0.1000. The van der Waals surface area contributed by atoms with Gasteiger partial charge >= 0.3 is 0 Å². The van der Waals surface area contributed by atoms with Gasteiger partial charge in [0.25, 0.3) is 0 Å². The summed E-state index contributed by atoms with van der Waals surface area (Å²) in [6.45, 7) is 3.98. The van der Waals surface area contributed by atoms with E-state index in [1.165, 1.54) is 9.35 Å². The fourth-order valence-corrected chi connectivity index (χ4v) is 3.08. The molecule has 2 heterocycles. The van der Waals surface area contributed by atoms with E-state index in [1.807, 2.05) is 0 Å². The van der Waals surface area contributed by atoms with Crippen molar-refractivity contribution in [3.63, 3.8) is 0 Å². The fraction of sp³-hybridized carbons (Fsp3) is 0.600. The summed E-state index contributed by atoms with van der Waals surface area (Å²) in [5.74, 6) is 0. The summed E-state index contributed by atoms with van der Waals surface area (Å²) in [5.41, 5.74) is 0. The smallest absolute Gasteiger partial charge is 0.0700 e. The average molecular weight is 276 g/mol. The summed E-state index contributed by atoms with van der Waals surface area (Å²) in [4.78, 5) is 1.37. The average Bonchev–Trinajstić information content (AvgIpc) is 2.72. The summed E-state index contributed by atoms with van der Waals surface area (Å²) in [5, 5.41) is 5.64. The molecule has 2 nitrogen and oxygen atoms in total. The van der Waals surface area contributed by atoms with E-state index >= 15 is 0 Å². The van der Waals surface area contributed by atoms with E-state index in [-0.39, 0.29) is 0 Å². The van der Waals surface area contributed by atoms with Crippen molar-refractivity contribution < 1.29 is 4.74 Å². The Bertz CT molecular complexity index is 302. The molecule has 0 bridgehead atoms. The molecule has 1 fully saturated rings. The Labute approximate surface area is 96.8 Å². The van der Waals surface area contributed by atoms with Crippen LogP contribution in [0.4, 0.5) is 0 Å². The van der Waals surface area contributed by atoms with Gasteiger partial charge in [-0.25, -0.2) is 0 Å². The molecule has 0 radical (unpaired) electrons. The van der Waals surface area contributed by atoms with Gasteiger partial charge in [0, 0.05) is 33.9 Å². The molecule has 1 aromatic rings. The SMILES string of the molecule is C[C@@H]1OCC[C@H]1NCc1cc(Br)cs1. The highest BCUT2D eigenvalue weighted by atomic mass is 79.9. The third-order valence-corrected chi connectivity index (χ3v) is 4.23. The monoisotopic (exact) mass is 275 g/mol. The van der Waals surface area contributed by atoms with Crippen LogP contribution >= 0.6 is 27.3 Å². The lowest BCUT2D eigenvalue weighted by Gasteiger charge is -2.14. The molecule has 0 saturated carbocycles. The Morgan fingerprint density at radius 1 is 1.71 bits per heavy atom. The van der Waals surface area contributed by atoms with Gasteiger partial charge in [-0.3, -0.25) is 0 Å². The largest absolute Gasteiger partial charge is 0.377 e. The van der Waals surface area contributed by atoms with Crippen molar-refractivity contribution in [1.82, 2.24) is 5.32 Å². The zero-order valence-corrected chi connectivity index (χ0v) is 10.5. The van der Waals surface area contributed by atoms with E-state index in [2.05, 4.69) is 39.6 Å². The Kier molecular flexibility index (Phi) is 3.60. The van der Waals surface area contributed by atoms with Gasteiger partial charge in [0.1, 0.15) is 0 Å². The van der Waals surface area contributed by atoms with Crippen LogP contribution in [-0.2, 0) is 11.3 Å². The van der Waals surface area contributed by atoms with Crippen LogP contribution in [0.5, 0.6) is 0 Å².